The lowest BCUT2D eigenvalue weighted by molar-refractivity contribution is -0.145. The van der Waals surface area contributed by atoms with Crippen molar-refractivity contribution in [2.45, 2.75) is 26.1 Å². The lowest BCUT2D eigenvalue weighted by Gasteiger charge is -2.14. The van der Waals surface area contributed by atoms with Crippen molar-refractivity contribution < 1.29 is 18.0 Å². The van der Waals surface area contributed by atoms with Crippen LogP contribution in [0.5, 0.6) is 0 Å². The van der Waals surface area contributed by atoms with Gasteiger partial charge in [-0.2, -0.15) is 13.2 Å². The molecule has 3 rings (SSSR count). The van der Waals surface area contributed by atoms with E-state index in [-0.39, 0.29) is 5.91 Å². The molecule has 140 valence electrons. The minimum absolute atomic E-state index is 0.350. The predicted molar refractivity (Wildman–Crippen MR) is 95.2 cm³/mol. The van der Waals surface area contributed by atoms with E-state index in [1.54, 1.807) is 31.3 Å². The van der Waals surface area contributed by atoms with E-state index >= 15 is 0 Å². The topological polar surface area (TPSA) is 67.8 Å². The number of hydrogen-bond donors (Lipinski definition) is 1. The molecule has 3 aromatic rings. The molecule has 1 atom stereocenters. The summed E-state index contributed by atoms with van der Waals surface area (Å²) in [6.45, 7) is 3.60. The highest BCUT2D eigenvalue weighted by molar-refractivity contribution is 7.14. The highest BCUT2D eigenvalue weighted by Crippen LogP contribution is 2.27. The first-order valence-corrected chi connectivity index (χ1v) is 8.78. The Morgan fingerprint density at radius 2 is 1.85 bits per heavy atom. The van der Waals surface area contributed by atoms with Crippen molar-refractivity contribution in [1.82, 2.24) is 20.3 Å². The van der Waals surface area contributed by atoms with Crippen LogP contribution in [-0.4, -0.2) is 20.9 Å². The molecule has 1 unspecified atom stereocenters. The van der Waals surface area contributed by atoms with Crippen LogP contribution in [0.3, 0.4) is 0 Å². The third-order valence-corrected chi connectivity index (χ3v) is 4.73. The van der Waals surface area contributed by atoms with E-state index in [0.29, 0.717) is 11.1 Å². The predicted octanol–water partition coefficient (Wildman–Crippen LogP) is 4.42. The summed E-state index contributed by atoms with van der Waals surface area (Å²) in [6, 6.07) is 6.46. The number of nitrogens with one attached hydrogen (secondary N) is 1. The molecule has 27 heavy (non-hydrogen) atoms. The van der Waals surface area contributed by atoms with Crippen LogP contribution in [0.4, 0.5) is 13.2 Å². The SMILES string of the molecule is Cc1cnc(-c2cccc(C(=O)NC(C)c3cnc(C(F)(F)F)nc3)c2)s1. The van der Waals surface area contributed by atoms with E-state index < -0.39 is 18.0 Å². The largest absolute Gasteiger partial charge is 0.451 e. The molecule has 0 saturated heterocycles. The Kier molecular flexibility index (Phi) is 5.22. The number of amides is 1. The fraction of sp³-hybridized carbons (Fsp3) is 0.222. The van der Waals surface area contributed by atoms with E-state index in [9.17, 15) is 18.0 Å². The van der Waals surface area contributed by atoms with Gasteiger partial charge in [0.15, 0.2) is 0 Å². The molecule has 0 bridgehead atoms. The first-order valence-electron chi connectivity index (χ1n) is 7.97. The second-order valence-corrected chi connectivity index (χ2v) is 7.12. The van der Waals surface area contributed by atoms with Gasteiger partial charge in [0, 0.05) is 40.2 Å². The normalized spacial score (nSPS) is 12.6. The van der Waals surface area contributed by atoms with Crippen molar-refractivity contribution in [3.8, 4) is 10.6 Å². The maximum atomic E-state index is 12.5. The molecular formula is C18H15F3N4OS. The minimum Gasteiger partial charge on any atom is -0.345 e. The Balaban J connectivity index is 1.73. The van der Waals surface area contributed by atoms with Gasteiger partial charge in [-0.05, 0) is 26.0 Å². The highest BCUT2D eigenvalue weighted by atomic mass is 32.1. The molecule has 0 saturated carbocycles. The van der Waals surface area contributed by atoms with Crippen LogP contribution in [0.15, 0.2) is 42.9 Å². The van der Waals surface area contributed by atoms with E-state index in [4.69, 9.17) is 0 Å². The van der Waals surface area contributed by atoms with Gasteiger partial charge in [0.25, 0.3) is 5.91 Å². The number of rotatable bonds is 4. The maximum absolute atomic E-state index is 12.5. The molecule has 1 amide bonds. The van der Waals surface area contributed by atoms with Crippen molar-refractivity contribution in [3.05, 3.63) is 64.7 Å². The van der Waals surface area contributed by atoms with Crippen LogP contribution in [0.25, 0.3) is 10.6 Å². The Bertz CT molecular complexity index is 954. The fourth-order valence-electron chi connectivity index (χ4n) is 2.35. The molecule has 0 spiro atoms. The summed E-state index contributed by atoms with van der Waals surface area (Å²) in [5.74, 6) is -1.56. The molecule has 0 radical (unpaired) electrons. The molecule has 9 heteroatoms. The average Bonchev–Trinajstić information content (AvgIpc) is 3.07. The second-order valence-electron chi connectivity index (χ2n) is 5.89. The molecule has 0 aliphatic carbocycles. The van der Waals surface area contributed by atoms with Crippen LogP contribution in [0.1, 0.15) is 39.6 Å². The summed E-state index contributed by atoms with van der Waals surface area (Å²) < 4.78 is 37.6. The number of aromatic nitrogens is 3. The van der Waals surface area contributed by atoms with Crippen molar-refractivity contribution in [3.63, 3.8) is 0 Å². The summed E-state index contributed by atoms with van der Waals surface area (Å²) in [6.07, 6.45) is -0.704. The van der Waals surface area contributed by atoms with Gasteiger partial charge >= 0.3 is 6.18 Å². The fourth-order valence-corrected chi connectivity index (χ4v) is 3.11. The van der Waals surface area contributed by atoms with Crippen LogP contribution < -0.4 is 5.32 Å². The number of hydrogen-bond acceptors (Lipinski definition) is 5. The molecule has 2 heterocycles. The first kappa shape index (κ1) is 19.0. The average molecular weight is 392 g/mol. The zero-order chi connectivity index (χ0) is 19.6. The standard InChI is InChI=1S/C18H15F3N4OS/c1-10-7-22-16(27-10)13-5-3-4-12(6-13)15(26)25-11(2)14-8-23-17(24-9-14)18(19,20)21/h3-9,11H,1-2H3,(H,25,26). The van der Waals surface area contributed by atoms with Gasteiger partial charge in [0.1, 0.15) is 5.01 Å². The van der Waals surface area contributed by atoms with Crippen molar-refractivity contribution in [1.29, 1.82) is 0 Å². The van der Waals surface area contributed by atoms with E-state index in [0.717, 1.165) is 27.8 Å². The summed E-state index contributed by atoms with van der Waals surface area (Å²) in [7, 11) is 0. The number of alkyl halides is 3. The van der Waals surface area contributed by atoms with Gasteiger partial charge in [0.05, 0.1) is 6.04 Å². The summed E-state index contributed by atoms with van der Waals surface area (Å²) in [4.78, 5) is 24.5. The van der Waals surface area contributed by atoms with Gasteiger partial charge in [-0.15, -0.1) is 11.3 Å². The Hall–Kier alpha value is -2.81. The molecule has 0 fully saturated rings. The highest BCUT2D eigenvalue weighted by Gasteiger charge is 2.34. The van der Waals surface area contributed by atoms with Crippen molar-refractivity contribution in [2.75, 3.05) is 0 Å². The van der Waals surface area contributed by atoms with Crippen LogP contribution >= 0.6 is 11.3 Å². The van der Waals surface area contributed by atoms with Crippen LogP contribution in [-0.2, 0) is 6.18 Å². The number of carbonyl (C=O) groups is 1. The molecule has 1 aromatic carbocycles. The number of aryl methyl sites for hydroxylation is 1. The van der Waals surface area contributed by atoms with Crippen molar-refractivity contribution >= 4 is 17.2 Å². The Labute approximate surface area is 157 Å². The minimum atomic E-state index is -4.60. The first-order chi connectivity index (χ1) is 12.7. The third-order valence-electron chi connectivity index (χ3n) is 3.77. The summed E-state index contributed by atoms with van der Waals surface area (Å²) >= 11 is 1.52. The van der Waals surface area contributed by atoms with E-state index in [1.165, 1.54) is 11.3 Å². The Morgan fingerprint density at radius 1 is 1.15 bits per heavy atom. The number of thiazole rings is 1. The molecule has 0 aliphatic heterocycles. The monoisotopic (exact) mass is 392 g/mol. The van der Waals surface area contributed by atoms with Crippen molar-refractivity contribution in [2.24, 2.45) is 0 Å². The van der Waals surface area contributed by atoms with E-state index in [2.05, 4.69) is 20.3 Å². The summed E-state index contributed by atoms with van der Waals surface area (Å²) in [5.41, 5.74) is 1.63. The second kappa shape index (κ2) is 7.43. The van der Waals surface area contributed by atoms with Gasteiger partial charge in [-0.1, -0.05) is 12.1 Å². The molecule has 2 aromatic heterocycles. The molecule has 5 nitrogen and oxygen atoms in total. The summed E-state index contributed by atoms with van der Waals surface area (Å²) in [5, 5.41) is 3.55. The van der Waals surface area contributed by atoms with Gasteiger partial charge in [0.2, 0.25) is 5.82 Å². The maximum Gasteiger partial charge on any atom is 0.451 e. The zero-order valence-corrected chi connectivity index (χ0v) is 15.2. The Morgan fingerprint density at radius 3 is 2.44 bits per heavy atom. The van der Waals surface area contributed by atoms with Gasteiger partial charge in [-0.3, -0.25) is 4.79 Å². The van der Waals surface area contributed by atoms with Crippen LogP contribution in [0.2, 0.25) is 0 Å². The zero-order valence-electron chi connectivity index (χ0n) is 14.4. The molecule has 0 aliphatic rings. The number of benzene rings is 1. The quantitative estimate of drug-likeness (QED) is 0.714. The molecular weight excluding hydrogens is 377 g/mol. The molecule has 1 N–H and O–H groups in total. The lowest BCUT2D eigenvalue weighted by atomic mass is 10.1. The number of nitrogens with zero attached hydrogens (tertiary/aromatic N) is 3. The van der Waals surface area contributed by atoms with Gasteiger partial charge < -0.3 is 5.32 Å². The third kappa shape index (κ3) is 4.48. The van der Waals surface area contributed by atoms with Crippen LogP contribution in [0, 0.1) is 6.92 Å². The van der Waals surface area contributed by atoms with E-state index in [1.807, 2.05) is 13.0 Å². The number of halogens is 3. The number of carbonyl (C=O) groups excluding carboxylic acids is 1. The lowest BCUT2D eigenvalue weighted by Crippen LogP contribution is -2.27. The smallest absolute Gasteiger partial charge is 0.345 e. The van der Waals surface area contributed by atoms with Gasteiger partial charge in [-0.25, -0.2) is 15.0 Å².